The van der Waals surface area contributed by atoms with E-state index in [4.69, 9.17) is 16.0 Å². The van der Waals surface area contributed by atoms with E-state index in [1.165, 1.54) is 6.42 Å². The van der Waals surface area contributed by atoms with Crippen LogP contribution in [0.4, 0.5) is 0 Å². The summed E-state index contributed by atoms with van der Waals surface area (Å²) in [5, 5.41) is 0.0738. The summed E-state index contributed by atoms with van der Waals surface area (Å²) >= 11 is 6.34. The highest BCUT2D eigenvalue weighted by Crippen LogP contribution is 2.28. The van der Waals surface area contributed by atoms with E-state index in [2.05, 4.69) is 0 Å². The molecule has 0 N–H and O–H groups in total. The fourth-order valence-corrected chi connectivity index (χ4v) is 3.10. The molecule has 1 aromatic heterocycles. The van der Waals surface area contributed by atoms with Gasteiger partial charge in [-0.3, -0.25) is 4.79 Å². The summed E-state index contributed by atoms with van der Waals surface area (Å²) < 4.78 is 5.32. The number of aryl methyl sites for hydroxylation is 1. The van der Waals surface area contributed by atoms with Crippen molar-refractivity contribution in [1.82, 2.24) is 4.90 Å². The van der Waals surface area contributed by atoms with E-state index in [0.29, 0.717) is 5.56 Å². The smallest absolute Gasteiger partial charge is 0.257 e. The van der Waals surface area contributed by atoms with Crippen LogP contribution in [0.5, 0.6) is 0 Å². The van der Waals surface area contributed by atoms with Crippen LogP contribution in [0.25, 0.3) is 0 Å². The van der Waals surface area contributed by atoms with Gasteiger partial charge in [0, 0.05) is 19.5 Å². The Morgan fingerprint density at radius 1 is 1.50 bits per heavy atom. The van der Waals surface area contributed by atoms with Gasteiger partial charge in [-0.05, 0) is 18.9 Å². The third-order valence-corrected chi connectivity index (χ3v) is 4.27. The number of furan rings is 1. The minimum absolute atomic E-state index is 0.0261. The monoisotopic (exact) mass is 269 g/mol. The van der Waals surface area contributed by atoms with Crippen LogP contribution in [-0.2, 0) is 6.42 Å². The van der Waals surface area contributed by atoms with Crippen molar-refractivity contribution in [2.24, 2.45) is 0 Å². The number of carbonyl (C=O) groups is 1. The van der Waals surface area contributed by atoms with Crippen LogP contribution in [0.3, 0.4) is 0 Å². The molecule has 1 amide bonds. The summed E-state index contributed by atoms with van der Waals surface area (Å²) in [6.07, 6.45) is 6.62. The first kappa shape index (κ1) is 13.5. The van der Waals surface area contributed by atoms with E-state index in [9.17, 15) is 4.79 Å². The predicted molar refractivity (Wildman–Crippen MR) is 72.1 cm³/mol. The molecule has 0 aromatic carbocycles. The van der Waals surface area contributed by atoms with Gasteiger partial charge in [-0.1, -0.05) is 19.8 Å². The van der Waals surface area contributed by atoms with Gasteiger partial charge in [0.15, 0.2) is 0 Å². The van der Waals surface area contributed by atoms with Crippen LogP contribution < -0.4 is 0 Å². The lowest BCUT2D eigenvalue weighted by Crippen LogP contribution is -2.44. The Hall–Kier alpha value is -0.960. The highest BCUT2D eigenvalue weighted by atomic mass is 35.5. The van der Waals surface area contributed by atoms with Gasteiger partial charge >= 0.3 is 0 Å². The normalized spacial score (nSPS) is 23.9. The predicted octanol–water partition coefficient (Wildman–Crippen LogP) is 3.46. The first-order chi connectivity index (χ1) is 8.65. The average Bonchev–Trinajstić information content (AvgIpc) is 2.86. The minimum atomic E-state index is 0.0261. The number of hydrogen-bond acceptors (Lipinski definition) is 2. The van der Waals surface area contributed by atoms with Gasteiger partial charge in [0.1, 0.15) is 5.76 Å². The molecule has 3 nitrogen and oxygen atoms in total. The van der Waals surface area contributed by atoms with Gasteiger partial charge in [-0.25, -0.2) is 0 Å². The summed E-state index contributed by atoms with van der Waals surface area (Å²) in [6.45, 7) is 1.99. The number of alkyl halides is 1. The van der Waals surface area contributed by atoms with E-state index >= 15 is 0 Å². The quantitative estimate of drug-likeness (QED) is 0.788. The number of nitrogens with zero attached hydrogens (tertiary/aromatic N) is 1. The van der Waals surface area contributed by atoms with Crippen LogP contribution in [0, 0.1) is 0 Å². The van der Waals surface area contributed by atoms with E-state index in [-0.39, 0.29) is 17.3 Å². The SMILES string of the molecule is CCc1occc1C(=O)N(C)C1CCCCC1Cl. The van der Waals surface area contributed by atoms with Crippen LogP contribution in [0.1, 0.15) is 48.7 Å². The lowest BCUT2D eigenvalue weighted by Gasteiger charge is -2.34. The van der Waals surface area contributed by atoms with Gasteiger partial charge in [0.2, 0.25) is 0 Å². The van der Waals surface area contributed by atoms with Crippen molar-refractivity contribution < 1.29 is 9.21 Å². The molecular formula is C14H20ClNO2. The molecule has 100 valence electrons. The summed E-state index contributed by atoms with van der Waals surface area (Å²) in [4.78, 5) is 14.2. The average molecular weight is 270 g/mol. The van der Waals surface area contributed by atoms with Gasteiger partial charge in [0.05, 0.1) is 17.2 Å². The Morgan fingerprint density at radius 2 is 2.22 bits per heavy atom. The van der Waals surface area contributed by atoms with Crippen LogP contribution >= 0.6 is 11.6 Å². The maximum absolute atomic E-state index is 12.4. The maximum atomic E-state index is 12.4. The Bertz CT molecular complexity index is 416. The standard InChI is InChI=1S/C14H20ClNO2/c1-3-13-10(8-9-18-13)14(17)16(2)12-7-5-4-6-11(12)15/h8-9,11-12H,3-7H2,1-2H3. The highest BCUT2D eigenvalue weighted by Gasteiger charge is 2.30. The van der Waals surface area contributed by atoms with Crippen molar-refractivity contribution in [3.05, 3.63) is 23.7 Å². The van der Waals surface area contributed by atoms with Gasteiger partial charge < -0.3 is 9.32 Å². The van der Waals surface area contributed by atoms with Crippen LogP contribution in [0.2, 0.25) is 0 Å². The molecule has 0 radical (unpaired) electrons. The van der Waals surface area contributed by atoms with Crippen molar-refractivity contribution in [3.8, 4) is 0 Å². The number of carbonyl (C=O) groups excluding carboxylic acids is 1. The number of amides is 1. The Kier molecular flexibility index (Phi) is 4.33. The molecule has 0 aliphatic heterocycles. The van der Waals surface area contributed by atoms with E-state index in [1.807, 2.05) is 14.0 Å². The summed E-state index contributed by atoms with van der Waals surface area (Å²) in [7, 11) is 1.85. The van der Waals surface area contributed by atoms with Crippen molar-refractivity contribution in [2.75, 3.05) is 7.05 Å². The van der Waals surface area contributed by atoms with Gasteiger partial charge in [-0.2, -0.15) is 0 Å². The molecule has 0 bridgehead atoms. The van der Waals surface area contributed by atoms with Crippen LogP contribution in [0.15, 0.2) is 16.7 Å². The van der Waals surface area contributed by atoms with E-state index < -0.39 is 0 Å². The fourth-order valence-electron chi connectivity index (χ4n) is 2.65. The molecule has 1 heterocycles. The number of rotatable bonds is 3. The zero-order valence-electron chi connectivity index (χ0n) is 11.0. The van der Waals surface area contributed by atoms with Gasteiger partial charge in [-0.15, -0.1) is 11.6 Å². The first-order valence-electron chi connectivity index (χ1n) is 6.62. The van der Waals surface area contributed by atoms with E-state index in [1.54, 1.807) is 17.2 Å². The Balaban J connectivity index is 2.13. The Morgan fingerprint density at radius 3 is 2.89 bits per heavy atom. The molecule has 0 saturated heterocycles. The summed E-state index contributed by atoms with van der Waals surface area (Å²) in [5.41, 5.74) is 0.675. The second-order valence-corrected chi connectivity index (χ2v) is 5.46. The molecule has 4 heteroatoms. The molecule has 18 heavy (non-hydrogen) atoms. The molecule has 1 aromatic rings. The molecule has 2 unspecified atom stereocenters. The molecule has 1 aliphatic rings. The highest BCUT2D eigenvalue weighted by molar-refractivity contribution is 6.21. The molecule has 1 fully saturated rings. The van der Waals surface area contributed by atoms with Crippen molar-refractivity contribution in [3.63, 3.8) is 0 Å². The lowest BCUT2D eigenvalue weighted by molar-refractivity contribution is 0.0698. The topological polar surface area (TPSA) is 33.5 Å². The summed E-state index contributed by atoms with van der Waals surface area (Å²) in [5.74, 6) is 0.784. The lowest BCUT2D eigenvalue weighted by atomic mass is 9.93. The van der Waals surface area contributed by atoms with E-state index in [0.717, 1.165) is 31.4 Å². The molecule has 1 aliphatic carbocycles. The zero-order chi connectivity index (χ0) is 13.1. The zero-order valence-corrected chi connectivity index (χ0v) is 11.7. The Labute approximate surface area is 113 Å². The summed E-state index contributed by atoms with van der Waals surface area (Å²) in [6, 6.07) is 1.90. The van der Waals surface area contributed by atoms with Gasteiger partial charge in [0.25, 0.3) is 5.91 Å². The molecule has 2 rings (SSSR count). The third kappa shape index (κ3) is 2.56. The molecular weight excluding hydrogens is 250 g/mol. The number of halogens is 1. The van der Waals surface area contributed by atoms with Crippen molar-refractivity contribution >= 4 is 17.5 Å². The van der Waals surface area contributed by atoms with Crippen molar-refractivity contribution in [2.45, 2.75) is 50.4 Å². The largest absolute Gasteiger partial charge is 0.469 e. The number of hydrogen-bond donors (Lipinski definition) is 0. The third-order valence-electron chi connectivity index (χ3n) is 3.76. The molecule has 1 saturated carbocycles. The molecule has 2 atom stereocenters. The van der Waals surface area contributed by atoms with Crippen LogP contribution in [-0.4, -0.2) is 29.3 Å². The molecule has 0 spiro atoms. The maximum Gasteiger partial charge on any atom is 0.257 e. The first-order valence-corrected chi connectivity index (χ1v) is 7.06. The second kappa shape index (κ2) is 5.79. The second-order valence-electron chi connectivity index (χ2n) is 4.89. The fraction of sp³-hybridized carbons (Fsp3) is 0.643. The minimum Gasteiger partial charge on any atom is -0.469 e. The van der Waals surface area contributed by atoms with Crippen molar-refractivity contribution in [1.29, 1.82) is 0 Å².